The summed E-state index contributed by atoms with van der Waals surface area (Å²) < 4.78 is 38.7. The first-order chi connectivity index (χ1) is 6.36. The second-order valence-electron chi connectivity index (χ2n) is 2.66. The van der Waals surface area contributed by atoms with Gasteiger partial charge in [-0.25, -0.2) is 0 Å². The van der Waals surface area contributed by atoms with Crippen molar-refractivity contribution in [2.24, 2.45) is 0 Å². The summed E-state index contributed by atoms with van der Waals surface area (Å²) in [5.41, 5.74) is -0.697. The number of hydrogen-bond acceptors (Lipinski definition) is 1. The summed E-state index contributed by atoms with van der Waals surface area (Å²) in [4.78, 5) is 4.75. The monoisotopic (exact) mass is 270 g/mol. The fourth-order valence-corrected chi connectivity index (χ4v) is 1.50. The van der Waals surface area contributed by atoms with Crippen molar-refractivity contribution in [3.63, 3.8) is 0 Å². The van der Waals surface area contributed by atoms with Gasteiger partial charge < -0.3 is 0 Å². The molecular weight excluding hydrogens is 263 g/mol. The Hall–Kier alpha value is -0.780. The average Bonchev–Trinajstić information content (AvgIpc) is 2.06. The Bertz CT molecular complexity index is 351. The van der Waals surface area contributed by atoms with Gasteiger partial charge in [-0.1, -0.05) is 0 Å². The number of pyridine rings is 1. The molecule has 78 valence electrons. The van der Waals surface area contributed by atoms with Crippen LogP contribution in [-0.2, 0) is 6.18 Å². The van der Waals surface area contributed by atoms with Crippen molar-refractivity contribution in [1.29, 1.82) is 0 Å². The summed E-state index contributed by atoms with van der Waals surface area (Å²) in [6.07, 6.45) is -2.95. The topological polar surface area (TPSA) is 13.1 Å². The normalized spacial score (nSPS) is 11.6. The third kappa shape index (κ3) is 2.17. The lowest BCUT2D eigenvalue weighted by molar-refractivity contribution is -0.890. The molecule has 0 fully saturated rings. The van der Waals surface area contributed by atoms with Crippen LogP contribution < -0.4 is 9.57 Å². The van der Waals surface area contributed by atoms with Crippen LogP contribution in [0.2, 0.25) is 0 Å². The van der Waals surface area contributed by atoms with Crippen molar-refractivity contribution in [1.82, 2.24) is 0 Å². The van der Waals surface area contributed by atoms with Gasteiger partial charge in [-0.3, -0.25) is 4.84 Å². The highest BCUT2D eigenvalue weighted by atomic mass is 79.9. The molecule has 0 aliphatic carbocycles. The maximum atomic E-state index is 12.5. The van der Waals surface area contributed by atoms with Crippen LogP contribution in [0.1, 0.15) is 11.3 Å². The molecule has 0 amide bonds. The first-order valence-corrected chi connectivity index (χ1v) is 4.49. The van der Waals surface area contributed by atoms with Gasteiger partial charge >= 0.3 is 6.18 Å². The van der Waals surface area contributed by atoms with Gasteiger partial charge in [0.15, 0.2) is 0 Å². The fraction of sp³-hybridized carbons (Fsp3) is 0.375. The predicted molar refractivity (Wildman–Crippen MR) is 46.6 cm³/mol. The van der Waals surface area contributed by atoms with Crippen molar-refractivity contribution in [3.8, 4) is 0 Å². The van der Waals surface area contributed by atoms with E-state index in [0.29, 0.717) is 4.47 Å². The van der Waals surface area contributed by atoms with Gasteiger partial charge in [0.2, 0.25) is 11.9 Å². The number of halogens is 4. The molecule has 0 bridgehead atoms. The van der Waals surface area contributed by atoms with Crippen molar-refractivity contribution >= 4 is 15.9 Å². The molecule has 0 aliphatic rings. The summed E-state index contributed by atoms with van der Waals surface area (Å²) in [6.45, 7) is 1.35. The molecule has 0 aromatic carbocycles. The van der Waals surface area contributed by atoms with Gasteiger partial charge in [0.05, 0.1) is 4.47 Å². The van der Waals surface area contributed by atoms with Gasteiger partial charge in [-0.2, -0.15) is 13.2 Å². The molecule has 1 heterocycles. The quantitative estimate of drug-likeness (QED) is 0.713. The molecule has 0 aliphatic heterocycles. The Morgan fingerprint density at radius 2 is 2.00 bits per heavy atom. The first kappa shape index (κ1) is 11.3. The highest BCUT2D eigenvalue weighted by molar-refractivity contribution is 9.10. The summed E-state index contributed by atoms with van der Waals surface area (Å²) in [5.74, 6) is 0. The molecule has 0 saturated heterocycles. The second-order valence-corrected chi connectivity index (χ2v) is 3.58. The highest BCUT2D eigenvalue weighted by Crippen LogP contribution is 2.31. The van der Waals surface area contributed by atoms with E-state index in [1.165, 1.54) is 20.2 Å². The second kappa shape index (κ2) is 3.76. The molecule has 0 atom stereocenters. The lowest BCUT2D eigenvalue weighted by atomic mass is 10.2. The lowest BCUT2D eigenvalue weighted by Crippen LogP contribution is -2.44. The fourth-order valence-electron chi connectivity index (χ4n) is 1.08. The molecule has 1 rings (SSSR count). The third-order valence-corrected chi connectivity index (χ3v) is 2.18. The molecule has 1 aromatic rings. The molecule has 2 nitrogen and oxygen atoms in total. The highest BCUT2D eigenvalue weighted by Gasteiger charge is 2.37. The molecule has 0 radical (unpaired) electrons. The Balaban J connectivity index is 3.37. The largest absolute Gasteiger partial charge is 0.422 e. The molecule has 0 N–H and O–H groups in total. The van der Waals surface area contributed by atoms with Crippen LogP contribution in [0.25, 0.3) is 0 Å². The number of alkyl halides is 3. The predicted octanol–water partition coefficient (Wildman–Crippen LogP) is 2.12. The smallest absolute Gasteiger partial charge is 0.274 e. The third-order valence-electron chi connectivity index (χ3n) is 1.75. The number of nitrogens with zero attached hydrogens (tertiary/aromatic N) is 1. The van der Waals surface area contributed by atoms with E-state index >= 15 is 0 Å². The Morgan fingerprint density at radius 3 is 2.43 bits per heavy atom. The molecule has 6 heteroatoms. The summed E-state index contributed by atoms with van der Waals surface area (Å²) in [6, 6.07) is 1.02. The maximum Gasteiger partial charge on any atom is 0.422 e. The minimum absolute atomic E-state index is 0.0169. The van der Waals surface area contributed by atoms with Crippen LogP contribution in [0.5, 0.6) is 0 Å². The summed E-state index contributed by atoms with van der Waals surface area (Å²) >= 11 is 2.98. The zero-order valence-electron chi connectivity index (χ0n) is 7.52. The zero-order valence-corrected chi connectivity index (χ0v) is 9.11. The molecule has 0 saturated carbocycles. The number of hydrogen-bond donors (Lipinski definition) is 0. The van der Waals surface area contributed by atoms with E-state index in [1.807, 2.05) is 0 Å². The van der Waals surface area contributed by atoms with Crippen molar-refractivity contribution in [2.45, 2.75) is 13.1 Å². The van der Waals surface area contributed by atoms with E-state index in [-0.39, 0.29) is 5.69 Å². The SMILES string of the molecule is CO[n+]1cc(Br)cc(C(F)(F)F)c1C. The van der Waals surface area contributed by atoms with Crippen LogP contribution in [0, 0.1) is 6.92 Å². The van der Waals surface area contributed by atoms with Crippen LogP contribution in [0.3, 0.4) is 0 Å². The van der Waals surface area contributed by atoms with E-state index < -0.39 is 11.7 Å². The van der Waals surface area contributed by atoms with E-state index in [2.05, 4.69) is 15.9 Å². The standard InChI is InChI=1S/C8H8BrF3NO/c1-5-7(8(10,11)12)3-6(9)4-13(5)14-2/h3-4H,1-2H3/q+1. The zero-order chi connectivity index (χ0) is 10.9. The summed E-state index contributed by atoms with van der Waals surface area (Å²) in [7, 11) is 1.31. The molecular formula is C8H8BrF3NO+. The van der Waals surface area contributed by atoms with Crippen LogP contribution in [-0.4, -0.2) is 7.11 Å². The average molecular weight is 271 g/mol. The van der Waals surface area contributed by atoms with Gasteiger partial charge in [-0.15, -0.1) is 0 Å². The Labute approximate surface area is 87.4 Å². The minimum Gasteiger partial charge on any atom is -0.274 e. The maximum absolute atomic E-state index is 12.5. The van der Waals surface area contributed by atoms with E-state index in [0.717, 1.165) is 10.8 Å². The summed E-state index contributed by atoms with van der Waals surface area (Å²) in [5, 5.41) is 0. The van der Waals surface area contributed by atoms with Crippen LogP contribution in [0.15, 0.2) is 16.7 Å². The Kier molecular flexibility index (Phi) is 3.04. The number of rotatable bonds is 1. The van der Waals surface area contributed by atoms with Crippen molar-refractivity contribution in [2.75, 3.05) is 7.11 Å². The number of aromatic nitrogens is 1. The lowest BCUT2D eigenvalue weighted by Gasteiger charge is -2.07. The molecule has 0 unspecified atom stereocenters. The molecule has 0 spiro atoms. The van der Waals surface area contributed by atoms with Gasteiger partial charge in [0, 0.05) is 11.7 Å². The van der Waals surface area contributed by atoms with Crippen molar-refractivity contribution in [3.05, 3.63) is 28.0 Å². The molecule has 14 heavy (non-hydrogen) atoms. The Morgan fingerprint density at radius 1 is 1.43 bits per heavy atom. The van der Waals surface area contributed by atoms with Gasteiger partial charge in [0.1, 0.15) is 12.7 Å². The molecule has 1 aromatic heterocycles. The van der Waals surface area contributed by atoms with Gasteiger partial charge in [-0.05, 0) is 22.0 Å². The first-order valence-electron chi connectivity index (χ1n) is 3.69. The van der Waals surface area contributed by atoms with Crippen LogP contribution >= 0.6 is 15.9 Å². The van der Waals surface area contributed by atoms with E-state index in [9.17, 15) is 13.2 Å². The van der Waals surface area contributed by atoms with E-state index in [4.69, 9.17) is 4.84 Å². The van der Waals surface area contributed by atoms with E-state index in [1.54, 1.807) is 0 Å². The minimum atomic E-state index is -4.37. The van der Waals surface area contributed by atoms with Gasteiger partial charge in [0.25, 0.3) is 0 Å². The van der Waals surface area contributed by atoms with Crippen LogP contribution in [0.4, 0.5) is 13.2 Å². The van der Waals surface area contributed by atoms with Crippen molar-refractivity contribution < 1.29 is 22.7 Å².